The van der Waals surface area contributed by atoms with Gasteiger partial charge in [-0.05, 0) is 30.2 Å². The summed E-state index contributed by atoms with van der Waals surface area (Å²) in [6, 6.07) is 9.05. The molecule has 0 saturated carbocycles. The molecule has 4 heteroatoms. The smallest absolute Gasteiger partial charge is 0.309 e. The maximum absolute atomic E-state index is 12.4. The van der Waals surface area contributed by atoms with E-state index in [0.717, 1.165) is 5.56 Å². The van der Waals surface area contributed by atoms with Gasteiger partial charge >= 0.3 is 5.97 Å². The van der Waals surface area contributed by atoms with Crippen molar-refractivity contribution in [3.8, 4) is 0 Å². The van der Waals surface area contributed by atoms with Gasteiger partial charge in [-0.3, -0.25) is 9.59 Å². The van der Waals surface area contributed by atoms with E-state index in [4.69, 9.17) is 10.5 Å². The van der Waals surface area contributed by atoms with Crippen molar-refractivity contribution in [2.75, 3.05) is 0 Å². The lowest BCUT2D eigenvalue weighted by molar-refractivity contribution is -0.152. The summed E-state index contributed by atoms with van der Waals surface area (Å²) >= 11 is 0. The van der Waals surface area contributed by atoms with E-state index < -0.39 is 12.0 Å². The van der Waals surface area contributed by atoms with Crippen molar-refractivity contribution in [2.45, 2.75) is 59.6 Å². The van der Waals surface area contributed by atoms with Gasteiger partial charge < -0.3 is 10.5 Å². The minimum atomic E-state index is -0.499. The van der Waals surface area contributed by atoms with Crippen LogP contribution in [0.5, 0.6) is 0 Å². The lowest BCUT2D eigenvalue weighted by Gasteiger charge is -2.20. The first-order valence-corrected chi connectivity index (χ1v) is 8.78. The molecule has 0 bridgehead atoms. The van der Waals surface area contributed by atoms with E-state index in [0.29, 0.717) is 24.7 Å². The molecule has 0 spiro atoms. The number of esters is 1. The van der Waals surface area contributed by atoms with Gasteiger partial charge in [-0.25, -0.2) is 0 Å². The molecule has 0 saturated heterocycles. The Morgan fingerprint density at radius 3 is 2.12 bits per heavy atom. The summed E-state index contributed by atoms with van der Waals surface area (Å²) in [6.45, 7) is 8.38. The molecule has 24 heavy (non-hydrogen) atoms. The van der Waals surface area contributed by atoms with Crippen LogP contribution in [-0.2, 0) is 20.9 Å². The third-order valence-electron chi connectivity index (χ3n) is 3.90. The molecule has 4 nitrogen and oxygen atoms in total. The van der Waals surface area contributed by atoms with E-state index >= 15 is 0 Å². The minimum Gasteiger partial charge on any atom is -0.461 e. The second-order valence-electron chi connectivity index (χ2n) is 7.33. The number of carbonyl (C=O) groups is 2. The maximum Gasteiger partial charge on any atom is 0.309 e. The molecule has 0 heterocycles. The fourth-order valence-corrected chi connectivity index (χ4v) is 2.71. The summed E-state index contributed by atoms with van der Waals surface area (Å²) in [5.41, 5.74) is 6.90. The Labute approximate surface area is 145 Å². The third kappa shape index (κ3) is 7.73. The van der Waals surface area contributed by atoms with Crippen LogP contribution in [0, 0.1) is 17.8 Å². The number of hydrogen-bond acceptors (Lipinski definition) is 4. The molecule has 0 aromatic heterocycles. The van der Waals surface area contributed by atoms with Crippen molar-refractivity contribution in [1.82, 2.24) is 0 Å². The first-order valence-electron chi connectivity index (χ1n) is 8.78. The second-order valence-corrected chi connectivity index (χ2v) is 7.33. The first kappa shape index (κ1) is 20.4. The average molecular weight is 333 g/mol. The van der Waals surface area contributed by atoms with E-state index in [-0.39, 0.29) is 24.8 Å². The van der Waals surface area contributed by atoms with Crippen molar-refractivity contribution < 1.29 is 14.3 Å². The highest BCUT2D eigenvalue weighted by atomic mass is 16.5. The fourth-order valence-electron chi connectivity index (χ4n) is 2.71. The molecule has 0 amide bonds. The summed E-state index contributed by atoms with van der Waals surface area (Å²) in [5.74, 6) is -0.103. The van der Waals surface area contributed by atoms with Crippen LogP contribution < -0.4 is 5.73 Å². The van der Waals surface area contributed by atoms with Crippen molar-refractivity contribution in [2.24, 2.45) is 23.5 Å². The quantitative estimate of drug-likeness (QED) is 0.662. The van der Waals surface area contributed by atoms with Crippen molar-refractivity contribution >= 4 is 11.8 Å². The number of ether oxygens (including phenoxy) is 1. The number of carbonyl (C=O) groups excluding carboxylic acids is 2. The number of nitrogens with two attached hydrogens (primary N) is 1. The zero-order valence-corrected chi connectivity index (χ0v) is 15.3. The van der Waals surface area contributed by atoms with Crippen molar-refractivity contribution in [1.29, 1.82) is 0 Å². The van der Waals surface area contributed by atoms with E-state index in [1.165, 1.54) is 0 Å². The predicted molar refractivity (Wildman–Crippen MR) is 96.2 cm³/mol. The molecule has 0 radical (unpaired) electrons. The maximum atomic E-state index is 12.4. The van der Waals surface area contributed by atoms with E-state index in [1.54, 1.807) is 0 Å². The SMILES string of the molecule is CC(C)C[C@H](CC(=O)[C@@H](N)CC(C)C)C(=O)OCc1ccccc1. The molecule has 0 aliphatic heterocycles. The summed E-state index contributed by atoms with van der Waals surface area (Å²) in [5, 5.41) is 0. The normalized spacial score (nSPS) is 13.8. The standard InChI is InChI=1S/C20H31NO3/c1-14(2)10-17(12-19(22)18(21)11-15(3)4)20(23)24-13-16-8-6-5-7-9-16/h5-9,14-15,17-18H,10-13,21H2,1-4H3/t17-,18+/m1/s1. The molecule has 0 fully saturated rings. The topological polar surface area (TPSA) is 69.4 Å². The monoisotopic (exact) mass is 333 g/mol. The van der Waals surface area contributed by atoms with Gasteiger partial charge in [-0.15, -0.1) is 0 Å². The van der Waals surface area contributed by atoms with Crippen molar-refractivity contribution in [3.63, 3.8) is 0 Å². The Morgan fingerprint density at radius 2 is 1.58 bits per heavy atom. The van der Waals surface area contributed by atoms with Crippen LogP contribution in [-0.4, -0.2) is 17.8 Å². The number of benzene rings is 1. The molecular weight excluding hydrogens is 302 g/mol. The van der Waals surface area contributed by atoms with Crippen LogP contribution in [0.4, 0.5) is 0 Å². The Morgan fingerprint density at radius 1 is 1.00 bits per heavy atom. The molecular formula is C20H31NO3. The zero-order valence-electron chi connectivity index (χ0n) is 15.3. The number of rotatable bonds is 10. The highest BCUT2D eigenvalue weighted by Crippen LogP contribution is 2.20. The first-order chi connectivity index (χ1) is 11.3. The van der Waals surface area contributed by atoms with Gasteiger partial charge in [0, 0.05) is 6.42 Å². The van der Waals surface area contributed by atoms with Crippen LogP contribution in [0.15, 0.2) is 30.3 Å². The Balaban J connectivity index is 2.62. The Hall–Kier alpha value is -1.68. The molecule has 1 aromatic rings. The minimum absolute atomic E-state index is 0.0500. The van der Waals surface area contributed by atoms with Gasteiger partial charge in [0.05, 0.1) is 12.0 Å². The zero-order chi connectivity index (χ0) is 18.1. The lowest BCUT2D eigenvalue weighted by Crippen LogP contribution is -2.35. The summed E-state index contributed by atoms with van der Waals surface area (Å²) < 4.78 is 5.42. The Kier molecular flexibility index (Phi) is 8.69. The van der Waals surface area contributed by atoms with Crippen LogP contribution in [0.3, 0.4) is 0 Å². The summed E-state index contributed by atoms with van der Waals surface area (Å²) in [6.07, 6.45) is 1.44. The molecule has 0 aliphatic rings. The van der Waals surface area contributed by atoms with Crippen molar-refractivity contribution in [3.05, 3.63) is 35.9 Å². The molecule has 2 N–H and O–H groups in total. The largest absolute Gasteiger partial charge is 0.461 e. The Bertz CT molecular complexity index is 511. The predicted octanol–water partition coefficient (Wildman–Crippen LogP) is 3.72. The summed E-state index contributed by atoms with van der Waals surface area (Å²) in [7, 11) is 0. The van der Waals surface area contributed by atoms with Crippen LogP contribution >= 0.6 is 0 Å². The average Bonchev–Trinajstić information content (AvgIpc) is 2.51. The van der Waals surface area contributed by atoms with Gasteiger partial charge in [0.2, 0.25) is 0 Å². The molecule has 0 aliphatic carbocycles. The molecule has 1 rings (SSSR count). The van der Waals surface area contributed by atoms with Crippen LogP contribution in [0.1, 0.15) is 52.5 Å². The second kappa shape index (κ2) is 10.2. The summed E-state index contributed by atoms with van der Waals surface area (Å²) in [4.78, 5) is 24.7. The number of Topliss-reactive ketones (excluding diaryl/α,β-unsaturated/α-hetero) is 1. The van der Waals surface area contributed by atoms with E-state index in [1.807, 2.05) is 58.0 Å². The third-order valence-corrected chi connectivity index (χ3v) is 3.90. The van der Waals surface area contributed by atoms with Gasteiger partial charge in [0.25, 0.3) is 0 Å². The van der Waals surface area contributed by atoms with Crippen LogP contribution in [0.2, 0.25) is 0 Å². The molecule has 2 atom stereocenters. The molecule has 134 valence electrons. The van der Waals surface area contributed by atoms with E-state index in [2.05, 4.69) is 0 Å². The number of ketones is 1. The molecule has 0 unspecified atom stereocenters. The highest BCUT2D eigenvalue weighted by Gasteiger charge is 2.27. The lowest BCUT2D eigenvalue weighted by atomic mass is 9.89. The molecule has 1 aromatic carbocycles. The van der Waals surface area contributed by atoms with Gasteiger partial charge in [-0.2, -0.15) is 0 Å². The van der Waals surface area contributed by atoms with Gasteiger partial charge in [0.15, 0.2) is 0 Å². The van der Waals surface area contributed by atoms with Crippen LogP contribution in [0.25, 0.3) is 0 Å². The number of hydrogen-bond donors (Lipinski definition) is 1. The van der Waals surface area contributed by atoms with E-state index in [9.17, 15) is 9.59 Å². The highest BCUT2D eigenvalue weighted by molar-refractivity contribution is 5.88. The van der Waals surface area contributed by atoms with Gasteiger partial charge in [0.1, 0.15) is 12.4 Å². The van der Waals surface area contributed by atoms with Gasteiger partial charge in [-0.1, -0.05) is 58.0 Å². The fraction of sp³-hybridized carbons (Fsp3) is 0.600.